The number of hydrogen-bond acceptors (Lipinski definition) is 2. The van der Waals surface area contributed by atoms with Crippen LogP contribution in [0, 0.1) is 0 Å². The number of nitrogens with two attached hydrogens (primary N) is 1. The van der Waals surface area contributed by atoms with Crippen molar-refractivity contribution < 1.29 is 4.79 Å². The van der Waals surface area contributed by atoms with Crippen molar-refractivity contribution >= 4 is 5.91 Å². The lowest BCUT2D eigenvalue weighted by Gasteiger charge is -2.12. The Balaban J connectivity index is 3.49. The van der Waals surface area contributed by atoms with Crippen LogP contribution in [0.25, 0.3) is 0 Å². The van der Waals surface area contributed by atoms with Gasteiger partial charge in [-0.1, -0.05) is 13.8 Å². The Labute approximate surface area is 62.0 Å². The van der Waals surface area contributed by atoms with Crippen molar-refractivity contribution in [2.45, 2.75) is 32.7 Å². The second kappa shape index (κ2) is 5.23. The predicted octanol–water partition coefficient (Wildman–Crippen LogP) is 0.250. The van der Waals surface area contributed by atoms with Crippen LogP contribution in [0.1, 0.15) is 26.7 Å². The number of primary amides is 1. The third-order valence-electron chi connectivity index (χ3n) is 1.43. The summed E-state index contributed by atoms with van der Waals surface area (Å²) in [7, 11) is 0. The molecule has 0 bridgehead atoms. The maximum absolute atomic E-state index is 10.4. The van der Waals surface area contributed by atoms with E-state index in [1.165, 1.54) is 0 Å². The summed E-state index contributed by atoms with van der Waals surface area (Å²) < 4.78 is 0. The zero-order chi connectivity index (χ0) is 7.98. The molecular formula is C7H16N2O. The van der Waals surface area contributed by atoms with E-state index in [2.05, 4.69) is 5.32 Å². The molecule has 0 spiro atoms. The fourth-order valence-electron chi connectivity index (χ4n) is 0.892. The molecule has 0 aromatic carbocycles. The average Bonchev–Trinajstić information content (AvgIpc) is 1.86. The van der Waals surface area contributed by atoms with Crippen LogP contribution in [0.2, 0.25) is 0 Å². The zero-order valence-electron chi connectivity index (χ0n) is 6.68. The second-order valence-electron chi connectivity index (χ2n) is 2.33. The van der Waals surface area contributed by atoms with Gasteiger partial charge in [-0.05, 0) is 13.0 Å². The fourth-order valence-corrected chi connectivity index (χ4v) is 0.892. The number of amides is 1. The highest BCUT2D eigenvalue weighted by Gasteiger charge is 2.06. The minimum absolute atomic E-state index is 0.229. The van der Waals surface area contributed by atoms with Gasteiger partial charge in [-0.2, -0.15) is 0 Å². The van der Waals surface area contributed by atoms with Gasteiger partial charge >= 0.3 is 0 Å². The van der Waals surface area contributed by atoms with Gasteiger partial charge < -0.3 is 11.1 Å². The van der Waals surface area contributed by atoms with E-state index >= 15 is 0 Å². The highest BCUT2D eigenvalue weighted by atomic mass is 16.1. The molecule has 60 valence electrons. The smallest absolute Gasteiger partial charge is 0.218 e. The van der Waals surface area contributed by atoms with Crippen LogP contribution in [0.3, 0.4) is 0 Å². The summed E-state index contributed by atoms with van der Waals surface area (Å²) in [4.78, 5) is 10.4. The number of rotatable bonds is 5. The molecule has 10 heavy (non-hydrogen) atoms. The molecule has 1 amide bonds. The molecule has 0 aliphatic carbocycles. The number of carbonyl (C=O) groups is 1. The van der Waals surface area contributed by atoms with E-state index in [1.54, 1.807) is 0 Å². The summed E-state index contributed by atoms with van der Waals surface area (Å²) in [5, 5.41) is 3.16. The van der Waals surface area contributed by atoms with Crippen LogP contribution >= 0.6 is 0 Å². The third kappa shape index (κ3) is 4.32. The third-order valence-corrected chi connectivity index (χ3v) is 1.43. The van der Waals surface area contributed by atoms with E-state index in [1.807, 2.05) is 13.8 Å². The predicted molar refractivity (Wildman–Crippen MR) is 41.6 cm³/mol. The summed E-state index contributed by atoms with van der Waals surface area (Å²) in [6, 6.07) is 0.266. The van der Waals surface area contributed by atoms with E-state index in [0.29, 0.717) is 6.42 Å². The summed E-state index contributed by atoms with van der Waals surface area (Å²) in [5.41, 5.74) is 5.02. The molecule has 0 fully saturated rings. The van der Waals surface area contributed by atoms with Crippen LogP contribution < -0.4 is 11.1 Å². The Morgan fingerprint density at radius 2 is 2.20 bits per heavy atom. The van der Waals surface area contributed by atoms with E-state index < -0.39 is 0 Å². The van der Waals surface area contributed by atoms with Gasteiger partial charge in [-0.15, -0.1) is 0 Å². The molecule has 0 saturated carbocycles. The van der Waals surface area contributed by atoms with Crippen LogP contribution in [-0.4, -0.2) is 18.5 Å². The fraction of sp³-hybridized carbons (Fsp3) is 0.857. The summed E-state index contributed by atoms with van der Waals surface area (Å²) in [6.45, 7) is 4.95. The van der Waals surface area contributed by atoms with Gasteiger partial charge in [0.1, 0.15) is 0 Å². The lowest BCUT2D eigenvalue weighted by atomic mass is 10.1. The average molecular weight is 144 g/mol. The number of hydrogen-bond donors (Lipinski definition) is 2. The van der Waals surface area contributed by atoms with E-state index in [0.717, 1.165) is 13.0 Å². The van der Waals surface area contributed by atoms with Crippen LogP contribution in [0.15, 0.2) is 0 Å². The number of carbonyl (C=O) groups excluding carboxylic acids is 1. The molecule has 0 saturated heterocycles. The minimum Gasteiger partial charge on any atom is -0.370 e. The Morgan fingerprint density at radius 1 is 1.60 bits per heavy atom. The maximum atomic E-state index is 10.4. The minimum atomic E-state index is -0.229. The van der Waals surface area contributed by atoms with Crippen molar-refractivity contribution in [2.75, 3.05) is 6.54 Å². The Morgan fingerprint density at radius 3 is 2.50 bits per heavy atom. The molecule has 3 nitrogen and oxygen atoms in total. The molecule has 1 unspecified atom stereocenters. The van der Waals surface area contributed by atoms with Crippen molar-refractivity contribution in [1.29, 1.82) is 0 Å². The molecule has 0 radical (unpaired) electrons. The van der Waals surface area contributed by atoms with Gasteiger partial charge in [0.2, 0.25) is 5.91 Å². The SMILES string of the molecule is CCNC(CC)CC(N)=O. The van der Waals surface area contributed by atoms with E-state index in [4.69, 9.17) is 5.73 Å². The zero-order valence-corrected chi connectivity index (χ0v) is 6.68. The molecule has 3 N–H and O–H groups in total. The first-order chi connectivity index (χ1) is 4.70. The maximum Gasteiger partial charge on any atom is 0.218 e. The van der Waals surface area contributed by atoms with Gasteiger partial charge in [0.25, 0.3) is 0 Å². The molecular weight excluding hydrogens is 128 g/mol. The summed E-state index contributed by atoms with van der Waals surface area (Å²) in [5.74, 6) is -0.229. The van der Waals surface area contributed by atoms with Gasteiger partial charge in [0.05, 0.1) is 0 Å². The molecule has 0 aromatic heterocycles. The Bertz CT molecular complexity index is 104. The Hall–Kier alpha value is -0.570. The van der Waals surface area contributed by atoms with Crippen LogP contribution in [0.4, 0.5) is 0 Å². The molecule has 1 atom stereocenters. The topological polar surface area (TPSA) is 55.1 Å². The first-order valence-electron chi connectivity index (χ1n) is 3.72. The van der Waals surface area contributed by atoms with Crippen molar-refractivity contribution in [1.82, 2.24) is 5.32 Å². The molecule has 0 heterocycles. The summed E-state index contributed by atoms with van der Waals surface area (Å²) >= 11 is 0. The van der Waals surface area contributed by atoms with Gasteiger partial charge in [0.15, 0.2) is 0 Å². The first kappa shape index (κ1) is 9.43. The summed E-state index contributed by atoms with van der Waals surface area (Å²) in [6.07, 6.45) is 1.40. The second-order valence-corrected chi connectivity index (χ2v) is 2.33. The highest BCUT2D eigenvalue weighted by Crippen LogP contribution is 1.94. The van der Waals surface area contributed by atoms with E-state index in [9.17, 15) is 4.79 Å². The normalized spacial score (nSPS) is 13.0. The van der Waals surface area contributed by atoms with Crippen molar-refractivity contribution in [3.8, 4) is 0 Å². The van der Waals surface area contributed by atoms with Crippen LogP contribution in [0.5, 0.6) is 0 Å². The highest BCUT2D eigenvalue weighted by molar-refractivity contribution is 5.74. The lowest BCUT2D eigenvalue weighted by molar-refractivity contribution is -0.118. The quantitative estimate of drug-likeness (QED) is 0.581. The van der Waals surface area contributed by atoms with Crippen molar-refractivity contribution in [3.63, 3.8) is 0 Å². The lowest BCUT2D eigenvalue weighted by Crippen LogP contribution is -2.32. The van der Waals surface area contributed by atoms with Crippen molar-refractivity contribution in [3.05, 3.63) is 0 Å². The molecule has 3 heteroatoms. The van der Waals surface area contributed by atoms with E-state index in [-0.39, 0.29) is 11.9 Å². The van der Waals surface area contributed by atoms with Crippen LogP contribution in [-0.2, 0) is 4.79 Å². The van der Waals surface area contributed by atoms with Gasteiger partial charge in [0, 0.05) is 12.5 Å². The molecule has 0 rings (SSSR count). The standard InChI is InChI=1S/C7H16N2O/c1-3-6(9-4-2)5-7(8)10/h6,9H,3-5H2,1-2H3,(H2,8,10). The van der Waals surface area contributed by atoms with Gasteiger partial charge in [-0.3, -0.25) is 4.79 Å². The monoisotopic (exact) mass is 144 g/mol. The van der Waals surface area contributed by atoms with Gasteiger partial charge in [-0.25, -0.2) is 0 Å². The molecule has 0 aliphatic heterocycles. The molecule has 0 aromatic rings. The van der Waals surface area contributed by atoms with Crippen molar-refractivity contribution in [2.24, 2.45) is 5.73 Å². The Kier molecular flexibility index (Phi) is 4.94. The number of nitrogens with one attached hydrogen (secondary N) is 1. The molecule has 0 aliphatic rings. The largest absolute Gasteiger partial charge is 0.370 e. The first-order valence-corrected chi connectivity index (χ1v) is 3.72.